The van der Waals surface area contributed by atoms with Gasteiger partial charge in [0.1, 0.15) is 11.6 Å². The van der Waals surface area contributed by atoms with Gasteiger partial charge in [-0.15, -0.1) is 11.8 Å². The van der Waals surface area contributed by atoms with Crippen LogP contribution in [0, 0.1) is 6.92 Å². The van der Waals surface area contributed by atoms with E-state index in [-0.39, 0.29) is 23.7 Å². The third-order valence-electron chi connectivity index (χ3n) is 6.79. The third kappa shape index (κ3) is 3.05. The van der Waals surface area contributed by atoms with E-state index in [4.69, 9.17) is 9.72 Å². The van der Waals surface area contributed by atoms with Gasteiger partial charge in [-0.05, 0) is 66.6 Å². The Kier molecular flexibility index (Phi) is 4.88. The lowest BCUT2D eigenvalue weighted by Crippen LogP contribution is -2.28. The first kappa shape index (κ1) is 21.2. The molecule has 172 valence electrons. The predicted octanol–water partition coefficient (Wildman–Crippen LogP) is 6.11. The van der Waals surface area contributed by atoms with Crippen molar-refractivity contribution in [3.63, 3.8) is 0 Å². The van der Waals surface area contributed by atoms with Gasteiger partial charge >= 0.3 is 6.61 Å². The number of benzene rings is 3. The summed E-state index contributed by atoms with van der Waals surface area (Å²) in [4.78, 5) is 19.1. The summed E-state index contributed by atoms with van der Waals surface area (Å²) in [5.41, 5.74) is 5.24. The number of para-hydroxylation sites is 2. The summed E-state index contributed by atoms with van der Waals surface area (Å²) >= 11 is 1.59. The fraction of sp³-hybridized carbons (Fsp3) is 0.231. The fourth-order valence-electron chi connectivity index (χ4n) is 5.40. The van der Waals surface area contributed by atoms with E-state index < -0.39 is 6.61 Å². The highest BCUT2D eigenvalue weighted by atomic mass is 32.2. The monoisotopic (exact) mass is 477 g/mol. The first-order valence-corrected chi connectivity index (χ1v) is 12.2. The van der Waals surface area contributed by atoms with Crippen molar-refractivity contribution < 1.29 is 18.3 Å². The number of carbonyl (C=O) groups excluding carboxylic acids is 1. The predicted molar refractivity (Wildman–Crippen MR) is 128 cm³/mol. The molecule has 0 saturated heterocycles. The Bertz CT molecular complexity index is 1470. The van der Waals surface area contributed by atoms with Crippen LogP contribution < -0.4 is 10.1 Å². The van der Waals surface area contributed by atoms with Gasteiger partial charge in [0, 0.05) is 16.0 Å². The van der Waals surface area contributed by atoms with E-state index in [9.17, 15) is 13.6 Å². The van der Waals surface area contributed by atoms with Gasteiger partial charge in [-0.2, -0.15) is 8.78 Å². The molecule has 1 aromatic heterocycles. The highest BCUT2D eigenvalue weighted by Gasteiger charge is 2.42. The zero-order valence-corrected chi connectivity index (χ0v) is 19.3. The van der Waals surface area contributed by atoms with Gasteiger partial charge in [0.05, 0.1) is 23.1 Å². The number of thioether (sulfide) groups is 1. The normalized spacial score (nSPS) is 18.6. The number of nitrogens with zero attached hydrogens (tertiary/aromatic N) is 2. The van der Waals surface area contributed by atoms with E-state index in [0.29, 0.717) is 23.1 Å². The molecule has 0 radical (unpaired) electrons. The highest BCUT2D eigenvalue weighted by molar-refractivity contribution is 7.98. The minimum absolute atomic E-state index is 0.0687. The average Bonchev–Trinajstić information content (AvgIpc) is 3.32. The van der Waals surface area contributed by atoms with E-state index in [1.54, 1.807) is 17.8 Å². The van der Waals surface area contributed by atoms with Crippen molar-refractivity contribution in [3.05, 3.63) is 77.1 Å². The first-order chi connectivity index (χ1) is 16.5. The lowest BCUT2D eigenvalue weighted by atomic mass is 9.87. The molecule has 3 heterocycles. The van der Waals surface area contributed by atoms with Crippen LogP contribution in [0.4, 0.5) is 8.78 Å². The van der Waals surface area contributed by atoms with E-state index in [1.165, 1.54) is 6.07 Å². The Morgan fingerprint density at radius 3 is 2.74 bits per heavy atom. The molecule has 3 aromatic carbocycles. The average molecular weight is 478 g/mol. The maximum atomic E-state index is 13.5. The molecular weight excluding hydrogens is 456 g/mol. The summed E-state index contributed by atoms with van der Waals surface area (Å²) in [6.45, 7) is -1.01. The summed E-state index contributed by atoms with van der Waals surface area (Å²) < 4.78 is 34.2. The Hall–Kier alpha value is -3.39. The van der Waals surface area contributed by atoms with Gasteiger partial charge in [-0.3, -0.25) is 4.79 Å². The smallest absolute Gasteiger partial charge is 0.387 e. The van der Waals surface area contributed by atoms with Gasteiger partial charge < -0.3 is 14.6 Å². The largest absolute Gasteiger partial charge is 0.434 e. The number of hydrogen-bond donors (Lipinski definition) is 1. The molecule has 1 amide bonds. The summed E-state index contributed by atoms with van der Waals surface area (Å²) in [6.07, 6.45) is 2.57. The molecule has 0 saturated carbocycles. The molecule has 6 rings (SSSR count). The van der Waals surface area contributed by atoms with Crippen molar-refractivity contribution in [2.75, 3.05) is 6.26 Å². The van der Waals surface area contributed by atoms with Crippen molar-refractivity contribution in [2.45, 2.75) is 36.9 Å². The van der Waals surface area contributed by atoms with Crippen LogP contribution in [-0.4, -0.2) is 28.3 Å². The Labute approximate surface area is 199 Å². The molecule has 8 heteroatoms. The van der Waals surface area contributed by atoms with E-state index in [2.05, 4.69) is 9.88 Å². The second-order valence-corrected chi connectivity index (χ2v) is 9.37. The van der Waals surface area contributed by atoms with Gasteiger partial charge in [-0.25, -0.2) is 4.98 Å². The minimum Gasteiger partial charge on any atom is -0.434 e. The number of rotatable bonds is 4. The van der Waals surface area contributed by atoms with Crippen LogP contribution in [0.1, 0.15) is 45.8 Å². The van der Waals surface area contributed by atoms with Crippen molar-refractivity contribution in [1.29, 1.82) is 0 Å². The summed E-state index contributed by atoms with van der Waals surface area (Å²) in [6, 6.07) is 16.2. The number of fused-ring (bicyclic) bond motifs is 9. The highest BCUT2D eigenvalue weighted by Crippen LogP contribution is 2.50. The molecule has 2 aliphatic heterocycles. The lowest BCUT2D eigenvalue weighted by molar-refractivity contribution is -0.0495. The van der Waals surface area contributed by atoms with Crippen LogP contribution in [0.25, 0.3) is 22.2 Å². The van der Waals surface area contributed by atoms with Crippen molar-refractivity contribution in [1.82, 2.24) is 14.9 Å². The summed E-state index contributed by atoms with van der Waals surface area (Å²) in [5, 5.41) is 3.10. The number of imidazole rings is 1. The second kappa shape index (κ2) is 7.84. The molecule has 0 unspecified atom stereocenters. The van der Waals surface area contributed by atoms with E-state index >= 15 is 0 Å². The number of carbonyl (C=O) groups is 1. The zero-order valence-electron chi connectivity index (χ0n) is 18.5. The number of hydrogen-bond acceptors (Lipinski definition) is 4. The van der Waals surface area contributed by atoms with Crippen LogP contribution in [0.5, 0.6) is 5.75 Å². The molecule has 0 fully saturated rings. The lowest BCUT2D eigenvalue weighted by Gasteiger charge is -2.25. The first-order valence-electron chi connectivity index (χ1n) is 11.0. The number of amides is 1. The molecule has 2 atom stereocenters. The van der Waals surface area contributed by atoms with E-state index in [0.717, 1.165) is 32.9 Å². The number of alkyl halides is 2. The zero-order chi connectivity index (χ0) is 23.6. The number of halogens is 2. The van der Waals surface area contributed by atoms with Crippen LogP contribution >= 0.6 is 11.8 Å². The van der Waals surface area contributed by atoms with Crippen LogP contribution in [0.2, 0.25) is 0 Å². The Morgan fingerprint density at radius 2 is 1.94 bits per heavy atom. The van der Waals surface area contributed by atoms with Gasteiger partial charge in [0.25, 0.3) is 5.91 Å². The van der Waals surface area contributed by atoms with Gasteiger partial charge in [-0.1, -0.05) is 24.3 Å². The Balaban J connectivity index is 1.70. The Morgan fingerprint density at radius 1 is 1.12 bits per heavy atom. The fourth-order valence-corrected chi connectivity index (χ4v) is 6.03. The quantitative estimate of drug-likeness (QED) is 0.360. The van der Waals surface area contributed by atoms with Crippen molar-refractivity contribution >= 4 is 28.7 Å². The molecule has 5 nitrogen and oxygen atoms in total. The molecule has 0 aliphatic carbocycles. The van der Waals surface area contributed by atoms with Gasteiger partial charge in [0.2, 0.25) is 0 Å². The third-order valence-corrected chi connectivity index (χ3v) is 7.67. The van der Waals surface area contributed by atoms with Gasteiger partial charge in [0.15, 0.2) is 0 Å². The molecular formula is C26H21F2N3O2S. The maximum absolute atomic E-state index is 13.5. The van der Waals surface area contributed by atoms with Crippen LogP contribution in [0.15, 0.2) is 59.5 Å². The molecule has 1 N–H and O–H groups in total. The van der Waals surface area contributed by atoms with Crippen LogP contribution in [0.3, 0.4) is 0 Å². The van der Waals surface area contributed by atoms with Crippen molar-refractivity contribution in [2.24, 2.45) is 0 Å². The summed E-state index contributed by atoms with van der Waals surface area (Å²) in [7, 11) is 0. The molecule has 2 aliphatic rings. The molecule has 2 bridgehead atoms. The standard InChI is InChI=1S/C26H21F2N3O2S/c1-13-14(6-5-9-21(13)34-2)23-20(33-26(27)28)11-10-15-22(23)19-12-17(30-25(15)32)24-29-16-7-3-4-8-18(16)31(19)24/h3-11,17,19,26H,12H2,1-2H3,(H,30,32)/t17-,19-/m1/s1. The number of aromatic nitrogens is 2. The number of ether oxygens (including phenoxy) is 1. The maximum Gasteiger partial charge on any atom is 0.387 e. The second-order valence-electron chi connectivity index (χ2n) is 8.52. The SMILES string of the molecule is CSc1cccc(-c2c(OC(F)F)ccc3c2[C@H]2C[C@@H](NC3=O)c3nc4ccccc4n32)c1C. The summed E-state index contributed by atoms with van der Waals surface area (Å²) in [5.74, 6) is 0.620. The topological polar surface area (TPSA) is 56.1 Å². The molecule has 4 aromatic rings. The molecule has 34 heavy (non-hydrogen) atoms. The minimum atomic E-state index is -2.98. The van der Waals surface area contributed by atoms with E-state index in [1.807, 2.05) is 55.6 Å². The molecule has 0 spiro atoms. The van der Waals surface area contributed by atoms with Crippen LogP contribution in [-0.2, 0) is 0 Å². The number of nitrogens with one attached hydrogen (secondary N) is 1. The van der Waals surface area contributed by atoms with Crippen molar-refractivity contribution in [3.8, 4) is 16.9 Å².